The lowest BCUT2D eigenvalue weighted by Crippen LogP contribution is -2.31. The average Bonchev–Trinajstić information content (AvgIpc) is 2.93. The number of benzene rings is 4. The van der Waals surface area contributed by atoms with Crippen molar-refractivity contribution in [3.05, 3.63) is 120 Å². The van der Waals surface area contributed by atoms with Gasteiger partial charge >= 0.3 is 6.36 Å². The molecule has 4 aromatic carbocycles. The molecular formula is C29H22F3N3O4S. The second kappa shape index (κ2) is 12.5. The van der Waals surface area contributed by atoms with E-state index in [1.807, 2.05) is 18.2 Å². The maximum atomic E-state index is 13.6. The molecule has 0 fully saturated rings. The number of alkyl halides is 3. The summed E-state index contributed by atoms with van der Waals surface area (Å²) in [6, 6.07) is 27.8. The zero-order valence-corrected chi connectivity index (χ0v) is 21.6. The third-order valence-corrected chi connectivity index (χ3v) is 6.45. The van der Waals surface area contributed by atoms with Gasteiger partial charge in [-0.3, -0.25) is 9.35 Å². The zero-order valence-electron chi connectivity index (χ0n) is 20.8. The smallest absolute Gasteiger partial charge is 0.405 e. The number of nitrogens with zero attached hydrogens (tertiary/aromatic N) is 3. The van der Waals surface area contributed by atoms with E-state index in [1.165, 1.54) is 23.1 Å². The van der Waals surface area contributed by atoms with Gasteiger partial charge in [-0.05, 0) is 34.9 Å². The van der Waals surface area contributed by atoms with E-state index >= 15 is 0 Å². The van der Waals surface area contributed by atoms with Crippen molar-refractivity contribution in [2.75, 3.05) is 4.31 Å². The first kappa shape index (κ1) is 28.4. The lowest BCUT2D eigenvalue weighted by molar-refractivity contribution is -0.274. The van der Waals surface area contributed by atoms with Crippen LogP contribution in [0.2, 0.25) is 0 Å². The molecule has 4 rings (SSSR count). The largest absolute Gasteiger partial charge is 0.573 e. The van der Waals surface area contributed by atoms with Gasteiger partial charge in [-0.15, -0.1) is 13.2 Å². The highest BCUT2D eigenvalue weighted by Gasteiger charge is 2.33. The SMILES string of the molecule is N#CN(c1ccccc1-c1ccc(CN(Cc2ccccc2)C(=O)c2ccccc2OC(F)(F)F)cc1)S(=O)O. The van der Waals surface area contributed by atoms with E-state index in [9.17, 15) is 32.0 Å². The summed E-state index contributed by atoms with van der Waals surface area (Å²) in [7, 11) is 0. The molecule has 40 heavy (non-hydrogen) atoms. The van der Waals surface area contributed by atoms with Crippen LogP contribution in [0.3, 0.4) is 0 Å². The Kier molecular flexibility index (Phi) is 8.83. The van der Waals surface area contributed by atoms with Crippen LogP contribution in [-0.2, 0) is 24.4 Å². The van der Waals surface area contributed by atoms with Crippen LogP contribution < -0.4 is 9.04 Å². The maximum absolute atomic E-state index is 13.6. The predicted octanol–water partition coefficient (Wildman–Crippen LogP) is 6.52. The molecule has 11 heteroatoms. The number of carbonyl (C=O) groups excluding carboxylic acids is 1. The van der Waals surface area contributed by atoms with Crippen LogP contribution in [0.4, 0.5) is 18.9 Å². The van der Waals surface area contributed by atoms with E-state index in [2.05, 4.69) is 4.74 Å². The molecule has 0 radical (unpaired) electrons. The van der Waals surface area contributed by atoms with Crippen LogP contribution in [0.25, 0.3) is 11.1 Å². The number of hydrogen-bond donors (Lipinski definition) is 1. The fourth-order valence-corrected chi connectivity index (χ4v) is 4.51. The number of amides is 1. The van der Waals surface area contributed by atoms with Crippen molar-refractivity contribution in [1.82, 2.24) is 4.90 Å². The molecule has 204 valence electrons. The molecule has 1 N–H and O–H groups in total. The Morgan fingerprint density at radius 1 is 0.850 bits per heavy atom. The van der Waals surface area contributed by atoms with Crippen molar-refractivity contribution in [1.29, 1.82) is 5.26 Å². The topological polar surface area (TPSA) is 93.9 Å². The van der Waals surface area contributed by atoms with E-state index in [0.717, 1.165) is 11.6 Å². The van der Waals surface area contributed by atoms with Gasteiger partial charge in [-0.25, -0.2) is 4.21 Å². The lowest BCUT2D eigenvalue weighted by atomic mass is 10.0. The fraction of sp³-hybridized carbons (Fsp3) is 0.103. The minimum absolute atomic E-state index is 0.0704. The molecule has 0 aromatic heterocycles. The van der Waals surface area contributed by atoms with Crippen LogP contribution >= 0.6 is 0 Å². The molecule has 0 aliphatic rings. The van der Waals surface area contributed by atoms with Gasteiger partial charge in [0.1, 0.15) is 5.75 Å². The van der Waals surface area contributed by atoms with E-state index < -0.39 is 29.3 Å². The first-order chi connectivity index (χ1) is 19.2. The summed E-state index contributed by atoms with van der Waals surface area (Å²) in [4.78, 5) is 15.0. The molecule has 0 saturated heterocycles. The number of rotatable bonds is 9. The zero-order chi connectivity index (χ0) is 28.7. The number of nitriles is 1. The molecule has 1 unspecified atom stereocenters. The summed E-state index contributed by atoms with van der Waals surface area (Å²) in [5, 5.41) is 9.33. The Hall–Kier alpha value is -4.66. The lowest BCUT2D eigenvalue weighted by Gasteiger charge is -2.24. The van der Waals surface area contributed by atoms with E-state index in [4.69, 9.17) is 0 Å². The Labute approximate surface area is 231 Å². The van der Waals surface area contributed by atoms with Gasteiger partial charge in [0, 0.05) is 18.7 Å². The second-order valence-electron chi connectivity index (χ2n) is 8.53. The van der Waals surface area contributed by atoms with Gasteiger partial charge in [0.25, 0.3) is 17.2 Å². The summed E-state index contributed by atoms with van der Waals surface area (Å²) in [5.41, 5.74) is 2.66. The quantitative estimate of drug-likeness (QED) is 0.142. The number of para-hydroxylation sites is 2. The third kappa shape index (κ3) is 7.05. The first-order valence-electron chi connectivity index (χ1n) is 11.8. The van der Waals surface area contributed by atoms with Crippen LogP contribution in [-0.4, -0.2) is 25.9 Å². The summed E-state index contributed by atoms with van der Waals surface area (Å²) in [6.07, 6.45) is -3.27. The van der Waals surface area contributed by atoms with Crippen molar-refractivity contribution in [2.24, 2.45) is 0 Å². The normalized spacial score (nSPS) is 11.8. The van der Waals surface area contributed by atoms with Crippen LogP contribution in [0.1, 0.15) is 21.5 Å². The molecule has 7 nitrogen and oxygen atoms in total. The van der Waals surface area contributed by atoms with E-state index in [-0.39, 0.29) is 24.3 Å². The van der Waals surface area contributed by atoms with Crippen molar-refractivity contribution < 1.29 is 31.5 Å². The summed E-state index contributed by atoms with van der Waals surface area (Å²) in [6.45, 7) is 0.199. The average molecular weight is 566 g/mol. The summed E-state index contributed by atoms with van der Waals surface area (Å²) < 4.78 is 64.9. The van der Waals surface area contributed by atoms with Crippen molar-refractivity contribution in [3.8, 4) is 23.1 Å². The highest BCUT2D eigenvalue weighted by atomic mass is 32.2. The minimum atomic E-state index is -4.96. The van der Waals surface area contributed by atoms with Crippen LogP contribution in [0.15, 0.2) is 103 Å². The summed E-state index contributed by atoms with van der Waals surface area (Å²) in [5.74, 6) is -1.23. The van der Waals surface area contributed by atoms with Gasteiger partial charge < -0.3 is 9.64 Å². The molecule has 0 aliphatic heterocycles. The van der Waals surface area contributed by atoms with Gasteiger partial charge in [0.15, 0.2) is 6.19 Å². The molecule has 1 amide bonds. The number of ether oxygens (including phenoxy) is 1. The number of halogens is 3. The molecule has 4 aromatic rings. The Morgan fingerprint density at radius 3 is 2.05 bits per heavy atom. The molecule has 1 atom stereocenters. The molecule has 0 aliphatic carbocycles. The molecule has 0 heterocycles. The van der Waals surface area contributed by atoms with Gasteiger partial charge in [-0.2, -0.15) is 9.57 Å². The minimum Gasteiger partial charge on any atom is -0.405 e. The Morgan fingerprint density at radius 2 is 1.43 bits per heavy atom. The van der Waals surface area contributed by atoms with Crippen LogP contribution in [0, 0.1) is 11.5 Å². The number of hydrogen-bond acceptors (Lipinski definition) is 4. The Bertz CT molecular complexity index is 1540. The summed E-state index contributed by atoms with van der Waals surface area (Å²) >= 11 is -2.55. The van der Waals surface area contributed by atoms with Gasteiger partial charge in [-0.1, -0.05) is 84.9 Å². The van der Waals surface area contributed by atoms with Gasteiger partial charge in [0.2, 0.25) is 0 Å². The Balaban J connectivity index is 1.65. The van der Waals surface area contributed by atoms with Crippen molar-refractivity contribution >= 4 is 22.9 Å². The molecule has 0 bridgehead atoms. The van der Waals surface area contributed by atoms with Crippen LogP contribution in [0.5, 0.6) is 5.75 Å². The number of anilines is 1. The fourth-order valence-electron chi connectivity index (χ4n) is 4.11. The van der Waals surface area contributed by atoms with Crippen molar-refractivity contribution in [3.63, 3.8) is 0 Å². The number of carbonyl (C=O) groups is 1. The van der Waals surface area contributed by atoms with E-state index in [0.29, 0.717) is 21.0 Å². The maximum Gasteiger partial charge on any atom is 0.573 e. The highest BCUT2D eigenvalue weighted by Crippen LogP contribution is 2.32. The predicted molar refractivity (Wildman–Crippen MR) is 144 cm³/mol. The molecule has 0 saturated carbocycles. The van der Waals surface area contributed by atoms with E-state index in [1.54, 1.807) is 66.9 Å². The van der Waals surface area contributed by atoms with Crippen molar-refractivity contribution in [2.45, 2.75) is 19.5 Å². The molecule has 0 spiro atoms. The first-order valence-corrected chi connectivity index (χ1v) is 12.9. The standard InChI is InChI=1S/C29H22F3N3O4S/c30-29(31,32)39-27-13-7-5-11-25(27)28(36)34(18-21-8-2-1-3-9-21)19-22-14-16-23(17-15-22)24-10-4-6-12-26(24)35(20-33)40(37)38/h1-17H,18-19H2,(H,37,38). The third-order valence-electron chi connectivity index (χ3n) is 5.85. The second-order valence-corrected chi connectivity index (χ2v) is 9.36. The van der Waals surface area contributed by atoms with Gasteiger partial charge in [0.05, 0.1) is 11.3 Å². The highest BCUT2D eigenvalue weighted by molar-refractivity contribution is 7.81. The molecular weight excluding hydrogens is 543 g/mol. The monoisotopic (exact) mass is 565 g/mol.